The van der Waals surface area contributed by atoms with Crippen LogP contribution in [0.5, 0.6) is 5.75 Å². The Hall–Kier alpha value is -2.73. The number of aromatic nitrogens is 3. The van der Waals surface area contributed by atoms with Crippen LogP contribution >= 0.6 is 11.8 Å². The van der Waals surface area contributed by atoms with Gasteiger partial charge >= 0.3 is 0 Å². The molecule has 5 nitrogen and oxygen atoms in total. The van der Waals surface area contributed by atoms with Gasteiger partial charge in [-0.05, 0) is 30.5 Å². The van der Waals surface area contributed by atoms with E-state index in [0.717, 1.165) is 40.2 Å². The Balaban J connectivity index is 1.41. The van der Waals surface area contributed by atoms with Crippen molar-refractivity contribution in [3.8, 4) is 17.3 Å². The van der Waals surface area contributed by atoms with E-state index in [-0.39, 0.29) is 0 Å². The zero-order valence-electron chi connectivity index (χ0n) is 14.5. The Morgan fingerprint density at radius 1 is 1.04 bits per heavy atom. The first-order valence-electron chi connectivity index (χ1n) is 8.57. The quantitative estimate of drug-likeness (QED) is 0.345. The average Bonchev–Trinajstić information content (AvgIpc) is 3.34. The number of rotatable bonds is 7. The van der Waals surface area contributed by atoms with E-state index in [1.165, 1.54) is 5.39 Å². The first kappa shape index (κ1) is 16.7. The van der Waals surface area contributed by atoms with E-state index in [9.17, 15) is 0 Å². The number of ether oxygens (including phenoxy) is 1. The highest BCUT2D eigenvalue weighted by Gasteiger charge is 2.14. The second kappa shape index (κ2) is 7.66. The van der Waals surface area contributed by atoms with Crippen molar-refractivity contribution >= 4 is 22.5 Å². The molecule has 0 fully saturated rings. The molecular formula is C20H19N3O2S. The van der Waals surface area contributed by atoms with E-state index < -0.39 is 0 Å². The summed E-state index contributed by atoms with van der Waals surface area (Å²) < 4.78 is 13.5. The number of hydrogen-bond acceptors (Lipinski definition) is 5. The van der Waals surface area contributed by atoms with E-state index in [0.29, 0.717) is 6.61 Å². The normalized spacial score (nSPS) is 11.1. The minimum Gasteiger partial charge on any atom is -0.492 e. The van der Waals surface area contributed by atoms with E-state index >= 15 is 0 Å². The zero-order valence-corrected chi connectivity index (χ0v) is 15.3. The Morgan fingerprint density at radius 2 is 1.92 bits per heavy atom. The van der Waals surface area contributed by atoms with Crippen molar-refractivity contribution < 1.29 is 9.15 Å². The Bertz CT molecular complexity index is 990. The van der Waals surface area contributed by atoms with Crippen molar-refractivity contribution in [1.29, 1.82) is 0 Å². The summed E-state index contributed by atoms with van der Waals surface area (Å²) in [6.45, 7) is 3.47. The molecule has 26 heavy (non-hydrogen) atoms. The Morgan fingerprint density at radius 3 is 2.77 bits per heavy atom. The van der Waals surface area contributed by atoms with Crippen LogP contribution in [0.4, 0.5) is 0 Å². The molecular weight excluding hydrogens is 346 g/mol. The minimum atomic E-state index is 0.603. The molecule has 0 atom stereocenters. The van der Waals surface area contributed by atoms with Gasteiger partial charge in [-0.1, -0.05) is 48.2 Å². The summed E-state index contributed by atoms with van der Waals surface area (Å²) in [5.74, 6) is 3.20. The largest absolute Gasteiger partial charge is 0.492 e. The van der Waals surface area contributed by atoms with Crippen molar-refractivity contribution in [2.24, 2.45) is 0 Å². The predicted octanol–water partition coefficient (Wildman–Crippen LogP) is 4.88. The lowest BCUT2D eigenvalue weighted by molar-refractivity contribution is 0.348. The van der Waals surface area contributed by atoms with E-state index in [2.05, 4.69) is 39.9 Å². The van der Waals surface area contributed by atoms with Crippen LogP contribution in [0.15, 0.2) is 70.4 Å². The minimum absolute atomic E-state index is 0.603. The summed E-state index contributed by atoms with van der Waals surface area (Å²) in [5, 5.41) is 11.8. The molecule has 132 valence electrons. The average molecular weight is 365 g/mol. The highest BCUT2D eigenvalue weighted by molar-refractivity contribution is 7.99. The fourth-order valence-electron chi connectivity index (χ4n) is 2.87. The van der Waals surface area contributed by atoms with Gasteiger partial charge in [0.2, 0.25) is 0 Å². The first-order valence-corrected chi connectivity index (χ1v) is 9.56. The monoisotopic (exact) mass is 365 g/mol. The predicted molar refractivity (Wildman–Crippen MR) is 104 cm³/mol. The molecule has 0 saturated heterocycles. The topological polar surface area (TPSA) is 53.1 Å². The third kappa shape index (κ3) is 3.32. The maximum Gasteiger partial charge on any atom is 0.200 e. The number of furan rings is 1. The lowest BCUT2D eigenvalue weighted by Gasteiger charge is -2.09. The summed E-state index contributed by atoms with van der Waals surface area (Å²) in [5.41, 5.74) is 0. The smallest absolute Gasteiger partial charge is 0.200 e. The van der Waals surface area contributed by atoms with Crippen molar-refractivity contribution in [2.75, 3.05) is 12.4 Å². The van der Waals surface area contributed by atoms with Gasteiger partial charge in [0.1, 0.15) is 5.75 Å². The van der Waals surface area contributed by atoms with Crippen molar-refractivity contribution in [3.05, 3.63) is 60.9 Å². The lowest BCUT2D eigenvalue weighted by Crippen LogP contribution is -2.03. The molecule has 0 radical (unpaired) electrons. The molecule has 0 aliphatic carbocycles. The maximum atomic E-state index is 6.00. The van der Waals surface area contributed by atoms with Crippen LogP contribution in [-0.2, 0) is 6.54 Å². The van der Waals surface area contributed by atoms with Gasteiger partial charge in [0.05, 0.1) is 12.9 Å². The molecule has 0 saturated carbocycles. The molecule has 2 heterocycles. The summed E-state index contributed by atoms with van der Waals surface area (Å²) in [6.07, 6.45) is 1.65. The molecule has 0 unspecified atom stereocenters. The molecule has 6 heteroatoms. The van der Waals surface area contributed by atoms with Crippen molar-refractivity contribution in [1.82, 2.24) is 14.8 Å². The maximum absolute atomic E-state index is 6.00. The number of benzene rings is 2. The first-order chi connectivity index (χ1) is 12.9. The Kier molecular flexibility index (Phi) is 4.93. The summed E-state index contributed by atoms with van der Waals surface area (Å²) in [7, 11) is 0. The van der Waals surface area contributed by atoms with Crippen LogP contribution < -0.4 is 4.74 Å². The third-order valence-corrected chi connectivity index (χ3v) is 5.03. The molecule has 4 aromatic rings. The number of fused-ring (bicyclic) bond motifs is 1. The van der Waals surface area contributed by atoms with Crippen LogP contribution in [0.3, 0.4) is 0 Å². The van der Waals surface area contributed by atoms with E-state index in [4.69, 9.17) is 9.15 Å². The number of nitrogens with zero attached hydrogens (tertiary/aromatic N) is 3. The highest BCUT2D eigenvalue weighted by Crippen LogP contribution is 2.27. The van der Waals surface area contributed by atoms with E-state index in [1.54, 1.807) is 18.0 Å². The fourth-order valence-corrected chi connectivity index (χ4v) is 3.69. The molecule has 2 aromatic heterocycles. The van der Waals surface area contributed by atoms with Gasteiger partial charge in [0.25, 0.3) is 0 Å². The summed E-state index contributed by atoms with van der Waals surface area (Å²) in [4.78, 5) is 0. The van der Waals surface area contributed by atoms with Gasteiger partial charge in [-0.3, -0.25) is 4.57 Å². The third-order valence-electron chi connectivity index (χ3n) is 4.10. The van der Waals surface area contributed by atoms with Gasteiger partial charge < -0.3 is 9.15 Å². The molecule has 0 N–H and O–H groups in total. The van der Waals surface area contributed by atoms with Crippen LogP contribution in [0.2, 0.25) is 0 Å². The standard InChI is InChI=1S/C20H19N3O2S/c1-2-23-19(18-11-6-12-24-18)21-22-20(23)26-14-13-25-17-10-5-8-15-7-3-4-9-16(15)17/h3-12H,2,13-14H2,1H3. The molecule has 0 spiro atoms. The zero-order chi connectivity index (χ0) is 17.8. The second-order valence-electron chi connectivity index (χ2n) is 5.70. The number of thioether (sulfide) groups is 1. The summed E-state index contributed by atoms with van der Waals surface area (Å²) in [6, 6.07) is 18.1. The molecule has 2 aromatic carbocycles. The SMILES string of the molecule is CCn1c(SCCOc2cccc3ccccc23)nnc1-c1ccco1. The van der Waals surface area contributed by atoms with Crippen LogP contribution in [0.1, 0.15) is 6.92 Å². The van der Waals surface area contributed by atoms with Crippen molar-refractivity contribution in [3.63, 3.8) is 0 Å². The van der Waals surface area contributed by atoms with Gasteiger partial charge in [-0.25, -0.2) is 0 Å². The van der Waals surface area contributed by atoms with Crippen LogP contribution in [0.25, 0.3) is 22.4 Å². The fraction of sp³-hybridized carbons (Fsp3) is 0.200. The lowest BCUT2D eigenvalue weighted by atomic mass is 10.1. The summed E-state index contributed by atoms with van der Waals surface area (Å²) >= 11 is 1.64. The Labute approximate surface area is 156 Å². The molecule has 0 amide bonds. The van der Waals surface area contributed by atoms with E-state index in [1.807, 2.05) is 36.4 Å². The molecule has 4 rings (SSSR count). The van der Waals surface area contributed by atoms with Gasteiger partial charge in [-0.15, -0.1) is 10.2 Å². The number of hydrogen-bond donors (Lipinski definition) is 0. The van der Waals surface area contributed by atoms with Crippen LogP contribution in [-0.4, -0.2) is 27.1 Å². The second-order valence-corrected chi connectivity index (χ2v) is 6.76. The van der Waals surface area contributed by atoms with Gasteiger partial charge in [-0.2, -0.15) is 0 Å². The molecule has 0 aliphatic rings. The van der Waals surface area contributed by atoms with Crippen LogP contribution in [0, 0.1) is 0 Å². The van der Waals surface area contributed by atoms with Gasteiger partial charge in [0, 0.05) is 17.7 Å². The molecule has 0 bridgehead atoms. The van der Waals surface area contributed by atoms with Crippen molar-refractivity contribution in [2.45, 2.75) is 18.6 Å². The van der Waals surface area contributed by atoms with Gasteiger partial charge in [0.15, 0.2) is 16.7 Å². The highest BCUT2D eigenvalue weighted by atomic mass is 32.2. The molecule has 0 aliphatic heterocycles.